The molecule has 4 aromatic rings. The van der Waals surface area contributed by atoms with E-state index in [9.17, 15) is 19.2 Å². The molecular weight excluding hydrogens is 593 g/mol. The van der Waals surface area contributed by atoms with E-state index in [1.807, 2.05) is 30.3 Å². The second kappa shape index (κ2) is 13.2. The normalized spacial score (nSPS) is 14.0. The number of urea groups is 1. The smallest absolute Gasteiger partial charge is 0.335 e. The van der Waals surface area contributed by atoms with Crippen LogP contribution in [0.1, 0.15) is 11.1 Å². The third-order valence-corrected chi connectivity index (χ3v) is 6.96. The summed E-state index contributed by atoms with van der Waals surface area (Å²) in [6.07, 6.45) is 1.31. The van der Waals surface area contributed by atoms with Gasteiger partial charge in [-0.2, -0.15) is 0 Å². The van der Waals surface area contributed by atoms with E-state index in [4.69, 9.17) is 32.7 Å². The topological polar surface area (TPSA) is 114 Å². The molecule has 5 rings (SSSR count). The van der Waals surface area contributed by atoms with Gasteiger partial charge in [0.2, 0.25) is 0 Å². The van der Waals surface area contributed by atoms with Crippen LogP contribution in [0.25, 0.3) is 6.08 Å². The van der Waals surface area contributed by atoms with Crippen LogP contribution in [0, 0.1) is 0 Å². The SMILES string of the molecule is O=C(COc1ccccc1/C=C1/C(=O)NC(=O)N(c2ccc(OCc3ccccc3)cc2)C1=O)Nc1ccc(Cl)c(Cl)c1. The zero-order chi connectivity index (χ0) is 30.3. The van der Waals surface area contributed by atoms with Gasteiger partial charge in [-0.15, -0.1) is 0 Å². The van der Waals surface area contributed by atoms with Crippen LogP contribution in [-0.2, 0) is 21.0 Å². The van der Waals surface area contributed by atoms with Crippen molar-refractivity contribution < 1.29 is 28.7 Å². The van der Waals surface area contributed by atoms with E-state index < -0.39 is 23.8 Å². The Kier molecular flexibility index (Phi) is 9.05. The molecule has 1 fully saturated rings. The van der Waals surface area contributed by atoms with Crippen LogP contribution in [0.2, 0.25) is 10.0 Å². The maximum atomic E-state index is 13.4. The molecule has 9 nitrogen and oxygen atoms in total. The number of nitrogens with one attached hydrogen (secondary N) is 2. The van der Waals surface area contributed by atoms with Gasteiger partial charge in [-0.3, -0.25) is 19.7 Å². The number of benzene rings is 4. The number of nitrogens with zero attached hydrogens (tertiary/aromatic N) is 1. The van der Waals surface area contributed by atoms with Crippen molar-refractivity contribution in [2.45, 2.75) is 6.61 Å². The van der Waals surface area contributed by atoms with Gasteiger partial charge in [0.15, 0.2) is 6.61 Å². The summed E-state index contributed by atoms with van der Waals surface area (Å²) < 4.78 is 11.5. The lowest BCUT2D eigenvalue weighted by Gasteiger charge is -2.26. The summed E-state index contributed by atoms with van der Waals surface area (Å²) in [5.74, 6) is -1.37. The van der Waals surface area contributed by atoms with E-state index in [-0.39, 0.29) is 28.6 Å². The maximum Gasteiger partial charge on any atom is 0.335 e. The zero-order valence-corrected chi connectivity index (χ0v) is 23.9. The van der Waals surface area contributed by atoms with Crippen molar-refractivity contribution in [2.24, 2.45) is 0 Å². The lowest BCUT2D eigenvalue weighted by molar-refractivity contribution is -0.122. The summed E-state index contributed by atoms with van der Waals surface area (Å²) in [5, 5.41) is 5.48. The maximum absolute atomic E-state index is 13.4. The van der Waals surface area contributed by atoms with Gasteiger partial charge < -0.3 is 14.8 Å². The van der Waals surface area contributed by atoms with E-state index in [0.717, 1.165) is 10.5 Å². The van der Waals surface area contributed by atoms with Crippen LogP contribution in [-0.4, -0.2) is 30.4 Å². The van der Waals surface area contributed by atoms with Crippen molar-refractivity contribution in [3.8, 4) is 11.5 Å². The largest absolute Gasteiger partial charge is 0.489 e. The standard InChI is InChI=1S/C32H23Cl2N3O6/c33-26-15-10-22(17-27(26)34)35-29(38)19-43-28-9-5-4-8-21(28)16-25-30(39)36-32(41)37(31(25)40)23-11-13-24(14-12-23)42-18-20-6-2-1-3-7-20/h1-17H,18-19H2,(H,35,38)(H,36,39,41)/b25-16-. The van der Waals surface area contributed by atoms with Crippen LogP contribution >= 0.6 is 23.2 Å². The van der Waals surface area contributed by atoms with Gasteiger partial charge >= 0.3 is 6.03 Å². The molecule has 1 aliphatic rings. The molecule has 43 heavy (non-hydrogen) atoms. The molecule has 11 heteroatoms. The molecule has 0 atom stereocenters. The fourth-order valence-electron chi connectivity index (χ4n) is 4.13. The van der Waals surface area contributed by atoms with Gasteiger partial charge in [-0.25, -0.2) is 9.69 Å². The summed E-state index contributed by atoms with van der Waals surface area (Å²) in [4.78, 5) is 52.1. The van der Waals surface area contributed by atoms with Gasteiger partial charge in [0.25, 0.3) is 17.7 Å². The number of barbiturate groups is 1. The number of carbonyl (C=O) groups excluding carboxylic acids is 4. The molecule has 1 aliphatic heterocycles. The fourth-order valence-corrected chi connectivity index (χ4v) is 4.42. The van der Waals surface area contributed by atoms with E-state index in [1.54, 1.807) is 60.7 Å². The summed E-state index contributed by atoms with van der Waals surface area (Å²) in [7, 11) is 0. The van der Waals surface area contributed by atoms with E-state index in [2.05, 4.69) is 10.6 Å². The monoisotopic (exact) mass is 615 g/mol. The van der Waals surface area contributed by atoms with Crippen molar-refractivity contribution in [3.05, 3.63) is 124 Å². The first-order chi connectivity index (χ1) is 20.8. The molecule has 0 aliphatic carbocycles. The molecule has 4 aromatic carbocycles. The number of hydrogen-bond acceptors (Lipinski definition) is 6. The van der Waals surface area contributed by atoms with Crippen molar-refractivity contribution in [1.29, 1.82) is 0 Å². The number of para-hydroxylation sites is 1. The van der Waals surface area contributed by atoms with Gasteiger partial charge in [0, 0.05) is 11.3 Å². The quantitative estimate of drug-likeness (QED) is 0.170. The summed E-state index contributed by atoms with van der Waals surface area (Å²) in [5.41, 5.74) is 1.73. The van der Waals surface area contributed by atoms with Gasteiger partial charge in [0.1, 0.15) is 23.7 Å². The first-order valence-electron chi connectivity index (χ1n) is 12.9. The Labute approximate surface area is 256 Å². The third-order valence-electron chi connectivity index (χ3n) is 6.23. The fraction of sp³-hybridized carbons (Fsp3) is 0.0625. The molecule has 5 amide bonds. The van der Waals surface area contributed by atoms with Gasteiger partial charge in [-0.1, -0.05) is 71.7 Å². The molecule has 0 unspecified atom stereocenters. The predicted molar refractivity (Wildman–Crippen MR) is 163 cm³/mol. The highest BCUT2D eigenvalue weighted by Crippen LogP contribution is 2.28. The molecule has 216 valence electrons. The molecule has 0 bridgehead atoms. The zero-order valence-electron chi connectivity index (χ0n) is 22.4. The Morgan fingerprint density at radius 2 is 1.56 bits per heavy atom. The number of halogens is 2. The second-order valence-corrected chi connectivity index (χ2v) is 10.0. The van der Waals surface area contributed by atoms with Crippen molar-refractivity contribution >= 4 is 64.4 Å². The molecule has 0 radical (unpaired) electrons. The van der Waals surface area contributed by atoms with Gasteiger partial charge in [0.05, 0.1) is 15.7 Å². The minimum atomic E-state index is -0.881. The van der Waals surface area contributed by atoms with Crippen LogP contribution in [0.3, 0.4) is 0 Å². The average Bonchev–Trinajstić information content (AvgIpc) is 3.00. The summed E-state index contributed by atoms with van der Waals surface area (Å²) in [6, 6.07) is 26.3. The minimum Gasteiger partial charge on any atom is -0.489 e. The molecule has 0 spiro atoms. The number of imide groups is 2. The van der Waals surface area contributed by atoms with E-state index in [1.165, 1.54) is 12.1 Å². The highest BCUT2D eigenvalue weighted by molar-refractivity contribution is 6.42. The predicted octanol–water partition coefficient (Wildman–Crippen LogP) is 6.26. The highest BCUT2D eigenvalue weighted by Gasteiger charge is 2.37. The van der Waals surface area contributed by atoms with Crippen LogP contribution in [0.5, 0.6) is 11.5 Å². The van der Waals surface area contributed by atoms with Crippen LogP contribution < -0.4 is 25.0 Å². The Bertz CT molecular complexity index is 1730. The molecule has 1 saturated heterocycles. The number of hydrogen-bond donors (Lipinski definition) is 2. The van der Waals surface area contributed by atoms with E-state index in [0.29, 0.717) is 28.6 Å². The second-order valence-electron chi connectivity index (χ2n) is 9.23. The molecule has 1 heterocycles. The minimum absolute atomic E-state index is 0.239. The third kappa shape index (κ3) is 7.21. The first kappa shape index (κ1) is 29.4. The number of amides is 5. The number of ether oxygens (including phenoxy) is 2. The molecule has 0 aromatic heterocycles. The van der Waals surface area contributed by atoms with Crippen LogP contribution in [0.15, 0.2) is 103 Å². The lowest BCUT2D eigenvalue weighted by Crippen LogP contribution is -2.54. The highest BCUT2D eigenvalue weighted by atomic mass is 35.5. The number of carbonyl (C=O) groups is 4. The van der Waals surface area contributed by atoms with Gasteiger partial charge in [-0.05, 0) is 60.2 Å². The van der Waals surface area contributed by atoms with Crippen molar-refractivity contribution in [3.63, 3.8) is 0 Å². The number of rotatable bonds is 9. The molecule has 2 N–H and O–H groups in total. The first-order valence-corrected chi connectivity index (χ1v) is 13.7. The molecular formula is C32H23Cl2N3O6. The summed E-state index contributed by atoms with van der Waals surface area (Å²) >= 11 is 11.9. The molecule has 0 saturated carbocycles. The Morgan fingerprint density at radius 3 is 2.30 bits per heavy atom. The average molecular weight is 616 g/mol. The van der Waals surface area contributed by atoms with E-state index >= 15 is 0 Å². The Hall–Kier alpha value is -5.12. The Balaban J connectivity index is 1.29. The Morgan fingerprint density at radius 1 is 0.837 bits per heavy atom. The number of anilines is 2. The van der Waals surface area contributed by atoms with Crippen molar-refractivity contribution in [1.82, 2.24) is 5.32 Å². The summed E-state index contributed by atoms with van der Waals surface area (Å²) in [6.45, 7) is -0.0206. The van der Waals surface area contributed by atoms with Crippen molar-refractivity contribution in [2.75, 3.05) is 16.8 Å². The van der Waals surface area contributed by atoms with Crippen LogP contribution in [0.4, 0.5) is 16.2 Å². The lowest BCUT2D eigenvalue weighted by atomic mass is 10.1.